The van der Waals surface area contributed by atoms with Crippen LogP contribution in [0.25, 0.3) is 67.3 Å². The highest BCUT2D eigenvalue weighted by Gasteiger charge is 2.34. The molecule has 0 atom stereocenters. The summed E-state index contributed by atoms with van der Waals surface area (Å²) < 4.78 is 117. The Hall–Kier alpha value is -11.7. The van der Waals surface area contributed by atoms with E-state index in [4.69, 9.17) is 17.2 Å². The number of hydrogen-bond donors (Lipinski definition) is 3. The first-order chi connectivity index (χ1) is 49.5. The first-order valence-corrected chi connectivity index (χ1v) is 35.0. The Labute approximate surface area is 585 Å². The number of hydrogen-bond acceptors (Lipinski definition) is 16. The lowest BCUT2D eigenvalue weighted by Gasteiger charge is -2.34. The summed E-state index contributed by atoms with van der Waals surface area (Å²) in [7, 11) is -2.15. The summed E-state index contributed by atoms with van der Waals surface area (Å²) in [6.45, 7) is 4.10. The molecular formula is C73H67F7N18O4S. The maximum Gasteiger partial charge on any atom is 0.259 e. The molecule has 528 valence electrons. The number of nitrogens with two attached hydrogens (primary N) is 3. The van der Waals surface area contributed by atoms with Crippen LogP contribution in [0.5, 0.6) is 0 Å². The summed E-state index contributed by atoms with van der Waals surface area (Å²) in [5.41, 5.74) is 20.0. The van der Waals surface area contributed by atoms with Gasteiger partial charge in [-0.15, -0.1) is 0 Å². The van der Waals surface area contributed by atoms with Gasteiger partial charge in [0.05, 0.1) is 19.6 Å². The Balaban J connectivity index is 0.000000138. The molecule has 30 heteroatoms. The first-order valence-electron chi connectivity index (χ1n) is 32.9. The second-order valence-corrected chi connectivity index (χ2v) is 28.2. The smallest absolute Gasteiger partial charge is 0.259 e. The number of halogens is 7. The van der Waals surface area contributed by atoms with Gasteiger partial charge in [-0.2, -0.15) is 15.3 Å². The van der Waals surface area contributed by atoms with Crippen LogP contribution in [-0.4, -0.2) is 158 Å². The van der Waals surface area contributed by atoms with Gasteiger partial charge in [-0.1, -0.05) is 91.0 Å². The topological polar surface area (TPSA) is 287 Å². The number of rotatable bonds is 12. The molecule has 15 rings (SSSR count). The van der Waals surface area contributed by atoms with Crippen LogP contribution in [0.3, 0.4) is 0 Å². The van der Waals surface area contributed by atoms with E-state index in [1.165, 1.54) is 93.0 Å². The number of benzene rings is 6. The molecule has 0 unspecified atom stereocenters. The molecule has 3 aliphatic rings. The molecule has 103 heavy (non-hydrogen) atoms. The maximum atomic E-state index is 14.8. The zero-order valence-electron chi connectivity index (χ0n) is 55.5. The van der Waals surface area contributed by atoms with Crippen LogP contribution in [0.4, 0.5) is 48.2 Å². The fourth-order valence-electron chi connectivity index (χ4n) is 12.6. The lowest BCUT2D eigenvalue weighted by molar-refractivity contribution is 0.0503. The number of para-hydroxylation sites is 3. The molecule has 0 saturated carbocycles. The van der Waals surface area contributed by atoms with Gasteiger partial charge in [0.25, 0.3) is 17.7 Å². The molecular weight excluding hydrogens is 1360 g/mol. The van der Waals surface area contributed by atoms with Crippen molar-refractivity contribution in [3.05, 3.63) is 214 Å². The van der Waals surface area contributed by atoms with Gasteiger partial charge in [-0.05, 0) is 90.8 Å². The zero-order chi connectivity index (χ0) is 72.4. The number of carbonyl (C=O) groups excluding carboxylic acids is 3. The molecule has 0 radical (unpaired) electrons. The normalized spacial score (nSPS) is 15.0. The first kappa shape index (κ1) is 69.8. The van der Waals surface area contributed by atoms with Crippen LogP contribution in [0.15, 0.2) is 146 Å². The summed E-state index contributed by atoms with van der Waals surface area (Å²) in [5.74, 6) is 0.979. The number of anilines is 3. The third-order valence-electron chi connectivity index (χ3n) is 18.3. The largest absolute Gasteiger partial charge is 0.383 e. The Morgan fingerprint density at radius 1 is 0.437 bits per heavy atom. The van der Waals surface area contributed by atoms with Crippen molar-refractivity contribution in [2.75, 3.05) is 68.0 Å². The van der Waals surface area contributed by atoms with E-state index in [1.54, 1.807) is 88.7 Å². The number of nitrogens with zero attached hydrogens (tertiary/aromatic N) is 15. The molecule has 22 nitrogen and oxygen atoms in total. The number of likely N-dealkylation sites (tertiary alicyclic amines) is 2. The van der Waals surface area contributed by atoms with Crippen molar-refractivity contribution in [2.45, 2.75) is 64.3 Å². The van der Waals surface area contributed by atoms with Crippen LogP contribution in [0.1, 0.15) is 86.8 Å². The lowest BCUT2D eigenvalue weighted by Crippen LogP contribution is -2.44. The minimum absolute atomic E-state index is 0.000593. The molecule has 9 heterocycles. The molecule has 6 aromatic heterocycles. The molecule has 3 fully saturated rings. The van der Waals surface area contributed by atoms with Crippen LogP contribution in [0, 0.1) is 34.9 Å². The summed E-state index contributed by atoms with van der Waals surface area (Å²) in [6, 6.07) is 32.3. The maximum absolute atomic E-state index is 14.8. The van der Waals surface area contributed by atoms with Gasteiger partial charge in [0, 0.05) is 102 Å². The Bertz CT molecular complexity index is 5370. The fraction of sp³-hybridized carbons (Fsp3) is 0.247. The van der Waals surface area contributed by atoms with Gasteiger partial charge in [0.1, 0.15) is 108 Å². The van der Waals surface area contributed by atoms with Crippen molar-refractivity contribution in [3.63, 3.8) is 0 Å². The highest BCUT2D eigenvalue weighted by Crippen LogP contribution is 2.35. The lowest BCUT2D eigenvalue weighted by atomic mass is 9.95. The molecule has 3 saturated heterocycles. The summed E-state index contributed by atoms with van der Waals surface area (Å²) in [4.78, 5) is 69.3. The molecule has 0 bridgehead atoms. The summed E-state index contributed by atoms with van der Waals surface area (Å²) in [6.07, 6.45) is 7.54. The Kier molecular flexibility index (Phi) is 19.7. The minimum Gasteiger partial charge on any atom is -0.383 e. The number of piperidine rings is 2. The number of amides is 3. The third kappa shape index (κ3) is 14.8. The van der Waals surface area contributed by atoms with Crippen molar-refractivity contribution in [2.24, 2.45) is 0 Å². The van der Waals surface area contributed by atoms with Crippen LogP contribution in [-0.2, 0) is 29.2 Å². The van der Waals surface area contributed by atoms with E-state index in [1.807, 2.05) is 0 Å². The monoisotopic (exact) mass is 1420 g/mol. The molecule has 3 amide bonds. The number of nitrogen functional groups attached to an aromatic ring is 3. The van der Waals surface area contributed by atoms with Crippen molar-refractivity contribution in [1.82, 2.24) is 73.9 Å². The van der Waals surface area contributed by atoms with Gasteiger partial charge < -0.3 is 31.9 Å². The van der Waals surface area contributed by atoms with Gasteiger partial charge in [0.15, 0.2) is 17.5 Å². The van der Waals surface area contributed by atoms with Crippen LogP contribution in [0.2, 0.25) is 0 Å². The quantitative estimate of drug-likeness (QED) is 0.0757. The second kappa shape index (κ2) is 29.1. The van der Waals surface area contributed by atoms with Crippen molar-refractivity contribution < 1.29 is 49.3 Å². The van der Waals surface area contributed by atoms with E-state index >= 15 is 0 Å². The summed E-state index contributed by atoms with van der Waals surface area (Å²) >= 11 is 0. The average molecular weight is 1430 g/mol. The van der Waals surface area contributed by atoms with Crippen molar-refractivity contribution >= 4 is 83.3 Å². The molecule has 0 spiro atoms. The highest BCUT2D eigenvalue weighted by molar-refractivity contribution is 8.00. The minimum atomic E-state index is -2.15. The predicted octanol–water partition coefficient (Wildman–Crippen LogP) is 11.0. The molecule has 6 N–H and O–H groups in total. The van der Waals surface area contributed by atoms with Crippen LogP contribution >= 0.6 is 0 Å². The van der Waals surface area contributed by atoms with E-state index in [0.29, 0.717) is 76.2 Å². The molecule has 3 aliphatic heterocycles. The standard InChI is InChI=1S/C25H23F3N6O.C24H22F2N6O2S.C24H22F2N6O/c1-25(28)9-11-33(12-10-25)24(35)17-13-30-23(31-22(17)29)20-16-6-4-8-19(27)21(16)34(32-20)14-15-5-2-3-7-18(15)26;1-35(34)11-9-31(10-12-35)24(33)17-13-28-23(29-22(17)27)20-16-6-4-8-19(26)21(16)32(30-20)14-15-5-2-3-7-18(15)25;25-18-9-3-2-7-15(18)14-32-21-16(8-6-10-19(21)26)20(30-32)23-28-13-17(22(27)29-23)24(33)31-11-4-1-5-12-31/h2-8,13H,9-12,14H2,1H3,(H2,29,30,31);2-8,13H,1,9-12,14H2,(H2,27,28,29);2-3,6-10,13H,1,4-5,11-12,14H2,(H2,27,28,29). The Morgan fingerprint density at radius 2 is 0.738 bits per heavy atom. The average Bonchev–Trinajstić information content (AvgIpc) is 1.65. The number of carbonyl (C=O) groups is 3. The summed E-state index contributed by atoms with van der Waals surface area (Å²) in [5, 5.41) is 14.8. The number of aromatic nitrogens is 12. The van der Waals surface area contributed by atoms with Crippen molar-refractivity contribution in [1.29, 1.82) is 0 Å². The zero-order valence-corrected chi connectivity index (χ0v) is 56.3. The van der Waals surface area contributed by atoms with E-state index in [2.05, 4.69) is 51.1 Å². The third-order valence-corrected chi connectivity index (χ3v) is 20.1. The van der Waals surface area contributed by atoms with E-state index in [9.17, 15) is 49.3 Å². The van der Waals surface area contributed by atoms with E-state index in [-0.39, 0.29) is 143 Å². The van der Waals surface area contributed by atoms with Gasteiger partial charge >= 0.3 is 0 Å². The molecule has 6 aromatic carbocycles. The van der Waals surface area contributed by atoms with Gasteiger partial charge in [0.2, 0.25) is 0 Å². The number of fused-ring (bicyclic) bond motifs is 3. The fourth-order valence-corrected chi connectivity index (χ4v) is 13.9. The van der Waals surface area contributed by atoms with Crippen LogP contribution < -0.4 is 17.2 Å². The number of alkyl halides is 1. The van der Waals surface area contributed by atoms with E-state index in [0.717, 1.165) is 19.3 Å². The van der Waals surface area contributed by atoms with Gasteiger partial charge in [-0.3, -0.25) is 32.6 Å². The van der Waals surface area contributed by atoms with Gasteiger partial charge in [-0.25, -0.2) is 60.6 Å². The SMILES string of the molecule is C=S1(=O)CCN(C(=O)c2cnc(-c3nn(Cc4ccccc4F)c4c(F)cccc34)nc2N)CC1.CC1(F)CCN(C(=O)c2cnc(-c3nn(Cc4ccccc4F)c4c(F)cccc34)nc2N)CC1.Nc1nc(-c2nn(Cc3ccccc3F)c3c(F)cccc23)ncc1C(=O)N1CCCCC1. The Morgan fingerprint density at radius 3 is 1.06 bits per heavy atom. The molecule has 12 aromatic rings. The second-order valence-electron chi connectivity index (χ2n) is 25.4. The van der Waals surface area contributed by atoms with Crippen molar-refractivity contribution in [3.8, 4) is 34.6 Å². The van der Waals surface area contributed by atoms with E-state index < -0.39 is 50.1 Å². The predicted molar refractivity (Wildman–Crippen MR) is 377 cm³/mol. The molecule has 0 aliphatic carbocycles. The highest BCUT2D eigenvalue weighted by atomic mass is 32.2.